The Morgan fingerprint density at radius 1 is 1.20 bits per heavy atom. The largest absolute Gasteiger partial charge is 0.476 e. The smallest absolute Gasteiger partial charge is 0.349 e. The normalized spacial score (nSPS) is 10.9. The first-order valence-corrected chi connectivity index (χ1v) is 6.58. The number of aryl methyl sites for hydroxylation is 1. The lowest BCUT2D eigenvalue weighted by Gasteiger charge is -2.24. The van der Waals surface area contributed by atoms with Crippen LogP contribution in [0.4, 0.5) is 0 Å². The summed E-state index contributed by atoms with van der Waals surface area (Å²) in [4.78, 5) is 22.4. The van der Waals surface area contributed by atoms with E-state index >= 15 is 0 Å². The van der Waals surface area contributed by atoms with E-state index in [4.69, 9.17) is 15.2 Å². The third kappa shape index (κ3) is 4.91. The Morgan fingerprint density at radius 3 is 2.30 bits per heavy atom. The van der Waals surface area contributed by atoms with E-state index in [0.29, 0.717) is 25.2 Å². The van der Waals surface area contributed by atoms with Crippen LogP contribution in [-0.2, 0) is 20.7 Å². The van der Waals surface area contributed by atoms with Gasteiger partial charge in [-0.25, -0.2) is 4.79 Å². The van der Waals surface area contributed by atoms with Crippen LogP contribution in [0.3, 0.4) is 0 Å². The first-order chi connectivity index (χ1) is 9.35. The first-order valence-electron chi connectivity index (χ1n) is 6.58. The Labute approximate surface area is 119 Å². The van der Waals surface area contributed by atoms with Gasteiger partial charge in [-0.15, -0.1) is 0 Å². The number of nitrogens with two attached hydrogens (primary N) is 1. The lowest BCUT2D eigenvalue weighted by atomic mass is 10.1. The lowest BCUT2D eigenvalue weighted by molar-refractivity contribution is -0.158. The predicted molar refractivity (Wildman–Crippen MR) is 75.3 cm³/mol. The average molecular weight is 279 g/mol. The van der Waals surface area contributed by atoms with Crippen LogP contribution in [0.5, 0.6) is 5.75 Å². The van der Waals surface area contributed by atoms with Crippen molar-refractivity contribution in [1.82, 2.24) is 0 Å². The number of esters is 1. The van der Waals surface area contributed by atoms with Crippen LogP contribution < -0.4 is 10.5 Å². The van der Waals surface area contributed by atoms with E-state index in [1.165, 1.54) is 0 Å². The van der Waals surface area contributed by atoms with Crippen molar-refractivity contribution < 1.29 is 19.1 Å². The minimum Gasteiger partial charge on any atom is -0.476 e. The maximum Gasteiger partial charge on any atom is 0.349 e. The highest BCUT2D eigenvalue weighted by Crippen LogP contribution is 2.20. The topological polar surface area (TPSA) is 78.6 Å². The van der Waals surface area contributed by atoms with Gasteiger partial charge in [-0.05, 0) is 44.9 Å². The van der Waals surface area contributed by atoms with Crippen LogP contribution in [0.15, 0.2) is 24.3 Å². The van der Waals surface area contributed by atoms with E-state index in [1.54, 1.807) is 32.9 Å². The van der Waals surface area contributed by atoms with Gasteiger partial charge in [0.1, 0.15) is 5.75 Å². The van der Waals surface area contributed by atoms with E-state index in [1.807, 2.05) is 12.1 Å². The monoisotopic (exact) mass is 279 g/mol. The molecule has 0 bridgehead atoms. The van der Waals surface area contributed by atoms with Gasteiger partial charge in [0.05, 0.1) is 6.61 Å². The van der Waals surface area contributed by atoms with Crippen molar-refractivity contribution in [3.05, 3.63) is 29.8 Å². The molecule has 1 rings (SSSR count). The number of amides is 1. The molecule has 1 aromatic carbocycles. The molecular weight excluding hydrogens is 258 g/mol. The van der Waals surface area contributed by atoms with Gasteiger partial charge in [-0.2, -0.15) is 0 Å². The molecule has 1 aromatic rings. The number of primary amides is 1. The molecule has 2 N–H and O–H groups in total. The van der Waals surface area contributed by atoms with Crippen LogP contribution in [0.25, 0.3) is 0 Å². The SMILES string of the molecule is CCOC(=O)C(C)(C)Oc1ccc(CCC(N)=O)cc1. The predicted octanol–water partition coefficient (Wildman–Crippen LogP) is 1.82. The van der Waals surface area contributed by atoms with E-state index in [-0.39, 0.29) is 5.91 Å². The van der Waals surface area contributed by atoms with Crippen molar-refractivity contribution in [3.8, 4) is 5.75 Å². The Hall–Kier alpha value is -2.04. The molecule has 0 saturated carbocycles. The minimum absolute atomic E-state index is 0.314. The molecule has 0 aliphatic heterocycles. The average Bonchev–Trinajstić information content (AvgIpc) is 2.37. The molecule has 5 nitrogen and oxygen atoms in total. The molecule has 20 heavy (non-hydrogen) atoms. The molecule has 0 saturated heterocycles. The van der Waals surface area contributed by atoms with Gasteiger partial charge in [0, 0.05) is 6.42 Å². The van der Waals surface area contributed by atoms with Gasteiger partial charge in [-0.3, -0.25) is 4.79 Å². The molecule has 0 spiro atoms. The van der Waals surface area contributed by atoms with Crippen LogP contribution in [0.2, 0.25) is 0 Å². The van der Waals surface area contributed by atoms with E-state index < -0.39 is 11.6 Å². The van der Waals surface area contributed by atoms with Crippen molar-refractivity contribution in [2.75, 3.05) is 6.61 Å². The number of carbonyl (C=O) groups excluding carboxylic acids is 2. The minimum atomic E-state index is -1.04. The number of rotatable bonds is 7. The molecule has 0 heterocycles. The summed E-state index contributed by atoms with van der Waals surface area (Å²) < 4.78 is 10.6. The Bertz CT molecular complexity index is 465. The van der Waals surface area contributed by atoms with Gasteiger partial charge < -0.3 is 15.2 Å². The quantitative estimate of drug-likeness (QED) is 0.772. The molecule has 0 aliphatic carbocycles. The highest BCUT2D eigenvalue weighted by atomic mass is 16.6. The van der Waals surface area contributed by atoms with Crippen molar-refractivity contribution in [2.45, 2.75) is 39.2 Å². The summed E-state index contributed by atoms with van der Waals surface area (Å²) in [5.41, 5.74) is 5.05. The third-order valence-corrected chi connectivity index (χ3v) is 2.72. The highest BCUT2D eigenvalue weighted by molar-refractivity contribution is 5.79. The second kappa shape index (κ2) is 6.93. The lowest BCUT2D eigenvalue weighted by Crippen LogP contribution is -2.39. The van der Waals surface area contributed by atoms with Crippen molar-refractivity contribution in [1.29, 1.82) is 0 Å². The molecule has 110 valence electrons. The summed E-state index contributed by atoms with van der Waals surface area (Å²) in [5.74, 6) is -0.155. The first kappa shape index (κ1) is 16.0. The van der Waals surface area contributed by atoms with Gasteiger partial charge >= 0.3 is 5.97 Å². The summed E-state index contributed by atoms with van der Waals surface area (Å²) in [7, 11) is 0. The zero-order valence-electron chi connectivity index (χ0n) is 12.1. The van der Waals surface area contributed by atoms with Crippen LogP contribution in [-0.4, -0.2) is 24.1 Å². The number of hydrogen-bond acceptors (Lipinski definition) is 4. The Kier molecular flexibility index (Phi) is 5.55. The van der Waals surface area contributed by atoms with Crippen LogP contribution >= 0.6 is 0 Å². The number of benzene rings is 1. The molecule has 0 fully saturated rings. The maximum absolute atomic E-state index is 11.7. The third-order valence-electron chi connectivity index (χ3n) is 2.72. The van der Waals surface area contributed by atoms with Gasteiger partial charge in [0.25, 0.3) is 0 Å². The molecule has 0 aliphatic rings. The summed E-state index contributed by atoms with van der Waals surface area (Å²) >= 11 is 0. The van der Waals surface area contributed by atoms with Crippen LogP contribution in [0.1, 0.15) is 32.8 Å². The maximum atomic E-state index is 11.7. The molecular formula is C15H21NO4. The second-order valence-corrected chi connectivity index (χ2v) is 4.94. The number of hydrogen-bond donors (Lipinski definition) is 1. The summed E-state index contributed by atoms with van der Waals surface area (Å²) in [6.45, 7) is 5.39. The fourth-order valence-corrected chi connectivity index (χ4v) is 1.63. The van der Waals surface area contributed by atoms with Crippen molar-refractivity contribution in [3.63, 3.8) is 0 Å². The van der Waals surface area contributed by atoms with Gasteiger partial charge in [0.15, 0.2) is 5.60 Å². The zero-order chi connectivity index (χ0) is 15.2. The molecule has 0 radical (unpaired) electrons. The van der Waals surface area contributed by atoms with E-state index in [9.17, 15) is 9.59 Å². The van der Waals surface area contributed by atoms with E-state index in [0.717, 1.165) is 5.56 Å². The molecule has 5 heteroatoms. The summed E-state index contributed by atoms with van der Waals surface area (Å²) in [6, 6.07) is 7.22. The molecule has 0 unspecified atom stereocenters. The molecule has 0 atom stereocenters. The molecule has 0 aromatic heterocycles. The van der Waals surface area contributed by atoms with Crippen molar-refractivity contribution in [2.24, 2.45) is 5.73 Å². The second-order valence-electron chi connectivity index (χ2n) is 4.94. The van der Waals surface area contributed by atoms with E-state index in [2.05, 4.69) is 0 Å². The molecule has 1 amide bonds. The summed E-state index contributed by atoms with van der Waals surface area (Å²) in [5, 5.41) is 0. The Balaban J connectivity index is 2.64. The van der Waals surface area contributed by atoms with Crippen LogP contribution in [0, 0.1) is 0 Å². The van der Waals surface area contributed by atoms with Crippen molar-refractivity contribution >= 4 is 11.9 Å². The fraction of sp³-hybridized carbons (Fsp3) is 0.467. The zero-order valence-corrected chi connectivity index (χ0v) is 12.1. The number of carbonyl (C=O) groups is 2. The Morgan fingerprint density at radius 2 is 1.80 bits per heavy atom. The van der Waals surface area contributed by atoms with Gasteiger partial charge in [0.2, 0.25) is 5.91 Å². The fourth-order valence-electron chi connectivity index (χ4n) is 1.63. The summed E-state index contributed by atoms with van der Waals surface area (Å²) in [6.07, 6.45) is 0.908. The highest BCUT2D eigenvalue weighted by Gasteiger charge is 2.31. The number of ether oxygens (including phenoxy) is 2. The van der Waals surface area contributed by atoms with Gasteiger partial charge in [-0.1, -0.05) is 12.1 Å². The standard InChI is InChI=1S/C15H21NO4/c1-4-19-14(18)15(2,3)20-12-8-5-11(6-9-12)7-10-13(16)17/h5-6,8-9H,4,7,10H2,1-3H3,(H2,16,17).